The molecule has 1 aromatic heterocycles. The minimum atomic E-state index is -0.953. The van der Waals surface area contributed by atoms with Gasteiger partial charge in [0, 0.05) is 105 Å². The van der Waals surface area contributed by atoms with Crippen molar-refractivity contribution in [1.82, 2.24) is 40.7 Å². The number of amides is 7. The van der Waals surface area contributed by atoms with Crippen LogP contribution in [-0.2, 0) is 70.2 Å². The largest absolute Gasteiger partial charge is 0.497 e. The van der Waals surface area contributed by atoms with E-state index in [2.05, 4.69) is 38.5 Å². The number of hydrogen-bond acceptors (Lipinski definition) is 22. The lowest BCUT2D eigenvalue weighted by molar-refractivity contribution is -0.132. The van der Waals surface area contributed by atoms with Gasteiger partial charge in [-0.1, -0.05) is 92.7 Å². The van der Waals surface area contributed by atoms with Crippen molar-refractivity contribution in [2.75, 3.05) is 137 Å². The van der Waals surface area contributed by atoms with E-state index < -0.39 is 29.8 Å². The average Bonchev–Trinajstić information content (AvgIpc) is 1.06. The molecule has 5 aliphatic heterocycles. The molecule has 0 bridgehead atoms. The number of aryl methyl sites for hydroxylation is 1. The van der Waals surface area contributed by atoms with Crippen molar-refractivity contribution in [3.8, 4) is 45.5 Å². The molecule has 12 rings (SSSR count). The van der Waals surface area contributed by atoms with Crippen molar-refractivity contribution in [1.29, 1.82) is 0 Å². The zero-order valence-electron chi connectivity index (χ0n) is 68.6. The summed E-state index contributed by atoms with van der Waals surface area (Å²) < 4.78 is 64.8. The number of carbonyl (C=O) groups is 7. The van der Waals surface area contributed by atoms with Crippen molar-refractivity contribution in [3.05, 3.63) is 167 Å². The highest BCUT2D eigenvalue weighted by molar-refractivity contribution is 6.07. The molecule has 6 aromatic carbocycles. The summed E-state index contributed by atoms with van der Waals surface area (Å²) in [5.74, 6) is -0.327. The lowest BCUT2D eigenvalue weighted by atomic mass is 9.95. The number of carbonyl (C=O) groups excluding carboxylic acids is 7. The normalized spacial score (nSPS) is 15.4. The maximum absolute atomic E-state index is 14.2. The van der Waals surface area contributed by atoms with E-state index >= 15 is 0 Å². The van der Waals surface area contributed by atoms with Gasteiger partial charge in [-0.05, 0) is 102 Å². The number of nitrogens with one attached hydrogen (secondary N) is 4. The minimum absolute atomic E-state index is 0.00503. The van der Waals surface area contributed by atoms with Gasteiger partial charge in [-0.15, -0.1) is 5.10 Å². The fraction of sp³-hybridized carbons (Fsp3) is 0.427. The van der Waals surface area contributed by atoms with Crippen molar-refractivity contribution in [3.63, 3.8) is 0 Å². The van der Waals surface area contributed by atoms with E-state index in [1.807, 2.05) is 127 Å². The first-order valence-corrected chi connectivity index (χ1v) is 40.6. The molecule has 630 valence electrons. The van der Waals surface area contributed by atoms with Crippen molar-refractivity contribution < 1.29 is 85.7 Å². The Hall–Kier alpha value is -11.5. The Balaban J connectivity index is 0.489. The highest BCUT2D eigenvalue weighted by Gasteiger charge is 2.37. The maximum atomic E-state index is 14.2. The van der Waals surface area contributed by atoms with Crippen LogP contribution in [0.4, 0.5) is 22.7 Å². The number of aromatic nitrogens is 3. The van der Waals surface area contributed by atoms with Crippen LogP contribution >= 0.6 is 0 Å². The standard InChI is InChI=1S/C89H106N12O18/c1-8-31-111-37-41-115-44-40-114-36-30-101-85-71-16-11-12-17-76(71)100(55-63-14-9-10-15-70(63)84(85)96-97-101)82(104)27-26-80(102)90-29-35-113-39-43-117-46-45-116-42-38-112-34-28-81(103)95-83(58(2)3)87(106)93-60(5)86(105)94-66-22-18-61(19-23-66)64-48-68-54-92-75-52-79(78(110-7)50-73(75)89(108)99(68)56-64)119-33-13-32-118-77-51-74-72(47-59(77)4)88(107)98-57-65(49-67(98)53-91-74)62-20-24-69(109-6)25-21-62/h9-12,14-25,47,50-54,56-58,60,67-68,83H,8,13,26-46,48-49,55H2,1-7H3,(H,90,102)(H,93,106)(H,94,105)(H,95,103)/t60-,67-,68-,83-/m0/s1. The second-order valence-electron chi connectivity index (χ2n) is 29.4. The molecule has 30 heteroatoms. The summed E-state index contributed by atoms with van der Waals surface area (Å²) in [7, 11) is 3.15. The number of anilines is 2. The molecule has 4 atom stereocenters. The van der Waals surface area contributed by atoms with E-state index in [1.54, 1.807) is 73.1 Å². The molecule has 0 saturated carbocycles. The van der Waals surface area contributed by atoms with Gasteiger partial charge in [0.05, 0.1) is 172 Å². The van der Waals surface area contributed by atoms with Crippen molar-refractivity contribution in [2.45, 2.75) is 117 Å². The van der Waals surface area contributed by atoms with Crippen LogP contribution in [0.1, 0.15) is 116 Å². The third-order valence-corrected chi connectivity index (χ3v) is 20.6. The van der Waals surface area contributed by atoms with Crippen LogP contribution < -0.4 is 45.1 Å². The first-order chi connectivity index (χ1) is 58.0. The molecular formula is C89H106N12O18. The third-order valence-electron chi connectivity index (χ3n) is 20.6. The third kappa shape index (κ3) is 23.1. The van der Waals surface area contributed by atoms with E-state index in [1.165, 1.54) is 7.11 Å². The number of fused-ring (bicyclic) bond motifs is 9. The van der Waals surface area contributed by atoms with Gasteiger partial charge in [-0.3, -0.25) is 43.5 Å². The Morgan fingerprint density at radius 1 is 0.538 bits per heavy atom. The quantitative estimate of drug-likeness (QED) is 0.0258. The number of aliphatic imine (C=N–C) groups is 2. The predicted octanol–water partition coefficient (Wildman–Crippen LogP) is 10.7. The summed E-state index contributed by atoms with van der Waals surface area (Å²) in [6.07, 6.45) is 9.89. The van der Waals surface area contributed by atoms with Crippen LogP contribution in [0.5, 0.6) is 23.0 Å². The fourth-order valence-electron chi connectivity index (χ4n) is 14.2. The molecule has 4 N–H and O–H groups in total. The van der Waals surface area contributed by atoms with Crippen LogP contribution in [0.15, 0.2) is 144 Å². The SMILES string of the molecule is CCCOCCOCCOCCn1nnc2c1-c1ccccc1N(C(=O)CCC(=O)NCCOCCOCCOCCOCCC(=O)N[C@H](C(=O)N[C@@H](C)C(=O)Nc1ccc(C3=CN4C(=O)c5cc(OC)c(OCCCOc6cc7c(cc6C)C(=O)N6C=C(c8ccc(OC)cc8)C[C@H]6C=N7)cc5N=C[C@@H]4C3)cc1)C(C)C)Cc1ccccc1-2. The number of benzene rings is 6. The van der Waals surface area contributed by atoms with E-state index in [0.717, 1.165) is 68.1 Å². The number of para-hydroxylation sites is 1. The van der Waals surface area contributed by atoms with E-state index in [9.17, 15) is 33.6 Å². The van der Waals surface area contributed by atoms with Gasteiger partial charge in [0.2, 0.25) is 29.5 Å². The molecule has 5 aliphatic rings. The van der Waals surface area contributed by atoms with Gasteiger partial charge in [0.1, 0.15) is 29.3 Å². The minimum Gasteiger partial charge on any atom is -0.497 e. The van der Waals surface area contributed by atoms with Gasteiger partial charge >= 0.3 is 0 Å². The lowest BCUT2D eigenvalue weighted by Gasteiger charge is -2.28. The molecule has 0 spiro atoms. The van der Waals surface area contributed by atoms with Gasteiger partial charge in [0.15, 0.2) is 11.5 Å². The number of rotatable bonds is 45. The van der Waals surface area contributed by atoms with E-state index in [4.69, 9.17) is 62.1 Å². The number of methoxy groups -OCH3 is 2. The fourth-order valence-corrected chi connectivity index (χ4v) is 14.2. The maximum Gasteiger partial charge on any atom is 0.260 e. The predicted molar refractivity (Wildman–Crippen MR) is 449 cm³/mol. The summed E-state index contributed by atoms with van der Waals surface area (Å²) >= 11 is 0. The zero-order valence-corrected chi connectivity index (χ0v) is 68.6. The topological polar surface area (TPSA) is 334 Å². The van der Waals surface area contributed by atoms with Crippen LogP contribution in [0.2, 0.25) is 0 Å². The zero-order chi connectivity index (χ0) is 83.6. The van der Waals surface area contributed by atoms with E-state index in [-0.39, 0.29) is 107 Å². The average molecular weight is 1630 g/mol. The summed E-state index contributed by atoms with van der Waals surface area (Å²) in [4.78, 5) is 110. The number of ether oxygens (including phenoxy) is 11. The molecule has 0 unspecified atom stereocenters. The van der Waals surface area contributed by atoms with Gasteiger partial charge in [0.25, 0.3) is 11.8 Å². The Morgan fingerprint density at radius 3 is 1.72 bits per heavy atom. The van der Waals surface area contributed by atoms with Gasteiger partial charge in [-0.25, -0.2) is 4.68 Å². The van der Waals surface area contributed by atoms with E-state index in [0.29, 0.717) is 150 Å². The van der Waals surface area contributed by atoms with Crippen LogP contribution in [-0.4, -0.2) is 229 Å². The molecular weight excluding hydrogens is 1530 g/mol. The van der Waals surface area contributed by atoms with Gasteiger partial charge in [-0.2, -0.15) is 0 Å². The van der Waals surface area contributed by atoms with Crippen molar-refractivity contribution >= 4 is 87.7 Å². The van der Waals surface area contributed by atoms with Crippen molar-refractivity contribution in [2.24, 2.45) is 15.9 Å². The summed E-state index contributed by atoms with van der Waals surface area (Å²) in [6, 6.07) is 35.1. The molecule has 0 radical (unpaired) electrons. The Kier molecular flexibility index (Phi) is 31.6. The highest BCUT2D eigenvalue weighted by atomic mass is 16.6. The summed E-state index contributed by atoms with van der Waals surface area (Å²) in [5.41, 5.74) is 11.7. The molecule has 6 heterocycles. The van der Waals surface area contributed by atoms with Crippen LogP contribution in [0.3, 0.4) is 0 Å². The molecule has 0 saturated heterocycles. The van der Waals surface area contributed by atoms with Crippen LogP contribution in [0.25, 0.3) is 33.7 Å². The highest BCUT2D eigenvalue weighted by Crippen LogP contribution is 2.44. The smallest absolute Gasteiger partial charge is 0.260 e. The molecule has 0 aliphatic carbocycles. The second-order valence-corrected chi connectivity index (χ2v) is 29.4. The molecule has 119 heavy (non-hydrogen) atoms. The first-order valence-electron chi connectivity index (χ1n) is 40.6. The number of nitrogens with zero attached hydrogens (tertiary/aromatic N) is 8. The Labute approximate surface area is 692 Å². The number of hydrogen-bond donors (Lipinski definition) is 4. The first kappa shape index (κ1) is 86.8. The molecule has 0 fully saturated rings. The van der Waals surface area contributed by atoms with Crippen LogP contribution in [0, 0.1) is 12.8 Å². The van der Waals surface area contributed by atoms with Gasteiger partial charge < -0.3 is 88.1 Å². The lowest BCUT2D eigenvalue weighted by Crippen LogP contribution is -2.53. The molecule has 7 aromatic rings. The Morgan fingerprint density at radius 2 is 1.10 bits per heavy atom. The second kappa shape index (κ2) is 43.3. The molecule has 7 amide bonds. The Bertz CT molecular complexity index is 4810. The summed E-state index contributed by atoms with van der Waals surface area (Å²) in [5, 5.41) is 20.4. The monoisotopic (exact) mass is 1630 g/mol. The summed E-state index contributed by atoms with van der Waals surface area (Å²) in [6.45, 7) is 15.8. The molecule has 30 nitrogen and oxygen atoms in total.